The molecule has 0 amide bonds. The van der Waals surface area contributed by atoms with Gasteiger partial charge < -0.3 is 10.1 Å². The van der Waals surface area contributed by atoms with E-state index in [2.05, 4.69) is 55.0 Å². The van der Waals surface area contributed by atoms with Gasteiger partial charge in [0.15, 0.2) is 6.33 Å². The molecule has 0 aliphatic carbocycles. The normalized spacial score (nSPS) is 9.78. The Kier molecular flexibility index (Phi) is 5.05. The van der Waals surface area contributed by atoms with Gasteiger partial charge >= 0.3 is 5.82 Å². The van der Waals surface area contributed by atoms with Gasteiger partial charge in [-0.05, 0) is 28.9 Å². The Hall–Kier alpha value is -2.17. The first-order chi connectivity index (χ1) is 8.52. The largest absolute Gasteiger partial charge is 0.358 e. The molecule has 5 heteroatoms. The molecule has 5 nitrogen and oxygen atoms in total. The summed E-state index contributed by atoms with van der Waals surface area (Å²) >= 11 is 0. The molecular weight excluding hydrogens is 230 g/mol. The second kappa shape index (κ2) is 6.54. The van der Waals surface area contributed by atoms with Crippen LogP contribution in [-0.2, 0) is 0 Å². The minimum absolute atomic E-state index is 0.0787. The predicted octanol–water partition coefficient (Wildman–Crippen LogP) is 3.44. The van der Waals surface area contributed by atoms with Crippen molar-refractivity contribution in [1.82, 2.24) is 9.97 Å². The van der Waals surface area contributed by atoms with E-state index in [1.54, 1.807) is 0 Å². The zero-order valence-corrected chi connectivity index (χ0v) is 10.8. The van der Waals surface area contributed by atoms with E-state index in [-0.39, 0.29) is 5.82 Å². The average molecular weight is 247 g/mol. The van der Waals surface area contributed by atoms with Gasteiger partial charge in [-0.15, -0.1) is 0 Å². The van der Waals surface area contributed by atoms with Crippen molar-refractivity contribution in [2.24, 2.45) is 0 Å². The number of aromatic nitrogens is 2. The van der Waals surface area contributed by atoms with Crippen molar-refractivity contribution in [3.63, 3.8) is 0 Å². The van der Waals surface area contributed by atoms with Gasteiger partial charge in [0.05, 0.1) is 0 Å². The van der Waals surface area contributed by atoms with Gasteiger partial charge in [-0.1, -0.05) is 38.1 Å². The molecule has 2 aromatic rings. The van der Waals surface area contributed by atoms with Gasteiger partial charge in [0, 0.05) is 0 Å². The van der Waals surface area contributed by atoms with Gasteiger partial charge in [0.2, 0.25) is 0 Å². The van der Waals surface area contributed by atoms with Gasteiger partial charge in [-0.2, -0.15) is 0 Å². The van der Waals surface area contributed by atoms with Crippen molar-refractivity contribution in [2.75, 3.05) is 0 Å². The van der Waals surface area contributed by atoms with Crippen LogP contribution in [0.25, 0.3) is 0 Å². The van der Waals surface area contributed by atoms with Crippen LogP contribution >= 0.6 is 0 Å². The first-order valence-electron chi connectivity index (χ1n) is 5.70. The maximum Gasteiger partial charge on any atom is 0.340 e. The molecule has 0 aliphatic rings. The van der Waals surface area contributed by atoms with Gasteiger partial charge in [-0.3, -0.25) is 0 Å². The standard InChI is InChI=1S/C10H14.C3H3N3O2/c1-8(2)10-7-5-4-6-9(10)3;7-6(8)3-1-4-2-5-3/h4-8H,1-3H3;1-2H,(H,4,5). The van der Waals surface area contributed by atoms with Crippen LogP contribution in [0.5, 0.6) is 0 Å². The summed E-state index contributed by atoms with van der Waals surface area (Å²) in [7, 11) is 0. The number of aryl methyl sites for hydroxylation is 1. The van der Waals surface area contributed by atoms with Crippen LogP contribution in [0.15, 0.2) is 36.8 Å². The highest BCUT2D eigenvalue weighted by Crippen LogP contribution is 2.17. The lowest BCUT2D eigenvalue weighted by molar-refractivity contribution is -0.389. The maximum absolute atomic E-state index is 9.80. The first-order valence-corrected chi connectivity index (χ1v) is 5.70. The fourth-order valence-corrected chi connectivity index (χ4v) is 1.58. The summed E-state index contributed by atoms with van der Waals surface area (Å²) in [6, 6.07) is 8.54. The topological polar surface area (TPSA) is 71.8 Å². The molecular formula is C13H17N3O2. The number of imidazole rings is 1. The minimum atomic E-state index is -0.535. The van der Waals surface area contributed by atoms with Crippen molar-refractivity contribution in [2.45, 2.75) is 26.7 Å². The number of aromatic amines is 1. The molecule has 0 saturated heterocycles. The number of H-pyrrole nitrogens is 1. The minimum Gasteiger partial charge on any atom is -0.358 e. The molecule has 0 saturated carbocycles. The highest BCUT2D eigenvalue weighted by atomic mass is 16.6. The third-order valence-electron chi connectivity index (χ3n) is 2.49. The Labute approximate surface area is 106 Å². The average Bonchev–Trinajstić information content (AvgIpc) is 2.83. The Balaban J connectivity index is 0.000000184. The molecule has 0 aliphatic heterocycles. The number of benzene rings is 1. The third-order valence-corrected chi connectivity index (χ3v) is 2.49. The van der Waals surface area contributed by atoms with E-state index in [4.69, 9.17) is 0 Å². The number of hydrogen-bond donors (Lipinski definition) is 1. The summed E-state index contributed by atoms with van der Waals surface area (Å²) in [4.78, 5) is 15.0. The molecule has 1 N–H and O–H groups in total. The van der Waals surface area contributed by atoms with Crippen molar-refractivity contribution < 1.29 is 4.92 Å². The van der Waals surface area contributed by atoms with Crippen molar-refractivity contribution in [1.29, 1.82) is 0 Å². The van der Waals surface area contributed by atoms with Gasteiger partial charge in [-0.25, -0.2) is 9.97 Å². The summed E-state index contributed by atoms with van der Waals surface area (Å²) < 4.78 is 0. The molecule has 18 heavy (non-hydrogen) atoms. The quantitative estimate of drug-likeness (QED) is 0.652. The van der Waals surface area contributed by atoms with E-state index in [1.165, 1.54) is 17.5 Å². The van der Waals surface area contributed by atoms with E-state index < -0.39 is 4.92 Å². The van der Waals surface area contributed by atoms with E-state index in [1.807, 2.05) is 0 Å². The highest BCUT2D eigenvalue weighted by Gasteiger charge is 2.00. The molecule has 0 radical (unpaired) electrons. The molecule has 1 aromatic heterocycles. The van der Waals surface area contributed by atoms with E-state index in [9.17, 15) is 10.1 Å². The van der Waals surface area contributed by atoms with Crippen LogP contribution in [-0.4, -0.2) is 14.9 Å². The fraction of sp³-hybridized carbons (Fsp3) is 0.308. The fourth-order valence-electron chi connectivity index (χ4n) is 1.58. The Bertz CT molecular complexity index is 493. The molecule has 2 rings (SSSR count). The Morgan fingerprint density at radius 1 is 1.33 bits per heavy atom. The number of hydrogen-bond acceptors (Lipinski definition) is 3. The smallest absolute Gasteiger partial charge is 0.340 e. The molecule has 0 spiro atoms. The van der Waals surface area contributed by atoms with E-state index in [0.29, 0.717) is 5.92 Å². The van der Waals surface area contributed by atoms with Crippen LogP contribution in [0.3, 0.4) is 0 Å². The van der Waals surface area contributed by atoms with Gasteiger partial charge in [0.25, 0.3) is 0 Å². The SMILES string of the molecule is Cc1ccccc1C(C)C.O=[N+]([O-])c1cnc[nH]1. The monoisotopic (exact) mass is 247 g/mol. The van der Waals surface area contributed by atoms with Crippen LogP contribution < -0.4 is 0 Å². The number of rotatable bonds is 2. The number of nitrogens with zero attached hydrogens (tertiary/aromatic N) is 2. The Morgan fingerprint density at radius 2 is 2.00 bits per heavy atom. The summed E-state index contributed by atoms with van der Waals surface area (Å²) in [5.41, 5.74) is 2.86. The molecule has 1 heterocycles. The van der Waals surface area contributed by atoms with E-state index in [0.717, 1.165) is 6.20 Å². The molecule has 0 atom stereocenters. The number of nitro groups is 1. The van der Waals surface area contributed by atoms with Crippen LogP contribution in [0.1, 0.15) is 30.9 Å². The third kappa shape index (κ3) is 4.01. The zero-order chi connectivity index (χ0) is 13.5. The Morgan fingerprint density at radius 3 is 2.33 bits per heavy atom. The van der Waals surface area contributed by atoms with Crippen molar-refractivity contribution >= 4 is 5.82 Å². The van der Waals surface area contributed by atoms with E-state index >= 15 is 0 Å². The number of nitrogens with one attached hydrogen (secondary N) is 1. The molecule has 1 aromatic carbocycles. The predicted molar refractivity (Wildman–Crippen MR) is 70.5 cm³/mol. The molecule has 0 fully saturated rings. The van der Waals surface area contributed by atoms with Crippen LogP contribution in [0.4, 0.5) is 5.82 Å². The summed E-state index contributed by atoms with van der Waals surface area (Å²) in [5.74, 6) is 0.575. The summed E-state index contributed by atoms with van der Waals surface area (Å²) in [5, 5.41) is 9.80. The first kappa shape index (κ1) is 13.9. The lowest BCUT2D eigenvalue weighted by Crippen LogP contribution is -1.89. The van der Waals surface area contributed by atoms with Gasteiger partial charge in [0.1, 0.15) is 6.20 Å². The van der Waals surface area contributed by atoms with Crippen molar-refractivity contribution in [3.8, 4) is 0 Å². The molecule has 0 unspecified atom stereocenters. The zero-order valence-electron chi connectivity index (χ0n) is 10.8. The summed E-state index contributed by atoms with van der Waals surface area (Å²) in [6.45, 7) is 6.61. The highest BCUT2D eigenvalue weighted by molar-refractivity contribution is 5.27. The van der Waals surface area contributed by atoms with Crippen LogP contribution in [0, 0.1) is 17.0 Å². The second-order valence-corrected chi connectivity index (χ2v) is 4.21. The lowest BCUT2D eigenvalue weighted by Gasteiger charge is -2.07. The lowest BCUT2D eigenvalue weighted by atomic mass is 9.99. The second-order valence-electron chi connectivity index (χ2n) is 4.21. The molecule has 0 bridgehead atoms. The molecule has 96 valence electrons. The summed E-state index contributed by atoms with van der Waals surface area (Å²) in [6.07, 6.45) is 2.41. The maximum atomic E-state index is 9.80. The van der Waals surface area contributed by atoms with Crippen molar-refractivity contribution in [3.05, 3.63) is 58.0 Å². The van der Waals surface area contributed by atoms with Crippen LogP contribution in [0.2, 0.25) is 0 Å².